The Morgan fingerprint density at radius 1 is 1.25 bits per heavy atom. The Hall–Kier alpha value is -2.73. The summed E-state index contributed by atoms with van der Waals surface area (Å²) in [5.41, 5.74) is 5.55. The molecule has 0 spiro atoms. The number of anilines is 1. The molecule has 0 bridgehead atoms. The van der Waals surface area contributed by atoms with Crippen molar-refractivity contribution in [3.05, 3.63) is 40.0 Å². The van der Waals surface area contributed by atoms with E-state index in [1.807, 2.05) is 11.0 Å². The molecule has 2 rings (SSSR count). The number of nitrogen functional groups attached to an aromatic ring is 1. The van der Waals surface area contributed by atoms with Crippen LogP contribution in [0.3, 0.4) is 0 Å². The third-order valence-electron chi connectivity index (χ3n) is 5.11. The van der Waals surface area contributed by atoms with Crippen LogP contribution in [-0.2, 0) is 17.4 Å². The molecular weight excluding hydrogens is 443 g/mol. The average molecular weight is 470 g/mol. The summed E-state index contributed by atoms with van der Waals surface area (Å²) >= 11 is 6.11. The van der Waals surface area contributed by atoms with Crippen molar-refractivity contribution in [3.63, 3.8) is 0 Å². The zero-order valence-corrected chi connectivity index (χ0v) is 18.9. The molecule has 0 fully saturated rings. The number of unbranched alkanes of at least 4 members (excludes halogenated alkanes) is 2. The van der Waals surface area contributed by atoms with Gasteiger partial charge in [-0.2, -0.15) is 18.4 Å². The third-order valence-corrected chi connectivity index (χ3v) is 5.42. The summed E-state index contributed by atoms with van der Waals surface area (Å²) < 4.78 is 40.2. The smallest absolute Gasteiger partial charge is 0.381 e. The van der Waals surface area contributed by atoms with Crippen LogP contribution in [-0.4, -0.2) is 33.7 Å². The van der Waals surface area contributed by atoms with E-state index < -0.39 is 11.7 Å². The number of nitrogens with zero attached hydrogens (tertiary/aromatic N) is 4. The van der Waals surface area contributed by atoms with Crippen molar-refractivity contribution in [1.29, 1.82) is 5.26 Å². The molecule has 1 aromatic carbocycles. The molecule has 2 N–H and O–H groups in total. The van der Waals surface area contributed by atoms with Crippen LogP contribution in [0.4, 0.5) is 19.0 Å². The van der Waals surface area contributed by atoms with Gasteiger partial charge in [-0.05, 0) is 37.5 Å². The van der Waals surface area contributed by atoms with E-state index in [1.54, 1.807) is 0 Å². The molecule has 174 valence electrons. The van der Waals surface area contributed by atoms with Crippen molar-refractivity contribution in [2.75, 3.05) is 18.8 Å². The minimum absolute atomic E-state index is 0.0550. The zero-order valence-electron chi connectivity index (χ0n) is 18.2. The number of hydrogen-bond acceptors (Lipinski definition) is 4. The predicted octanol–water partition coefficient (Wildman–Crippen LogP) is 5.36. The summed E-state index contributed by atoms with van der Waals surface area (Å²) in [7, 11) is 0. The molecule has 32 heavy (non-hydrogen) atoms. The number of aromatic nitrogens is 2. The minimum Gasteiger partial charge on any atom is -0.381 e. The van der Waals surface area contributed by atoms with E-state index in [0.29, 0.717) is 18.8 Å². The Kier molecular flexibility index (Phi) is 8.96. The fraction of sp³-hybridized carbons (Fsp3) is 0.500. The molecule has 0 saturated heterocycles. The first-order valence-electron chi connectivity index (χ1n) is 10.6. The molecule has 6 nitrogen and oxygen atoms in total. The van der Waals surface area contributed by atoms with Crippen molar-refractivity contribution in [3.8, 4) is 11.8 Å². The van der Waals surface area contributed by atoms with Gasteiger partial charge in [-0.1, -0.05) is 38.3 Å². The second kappa shape index (κ2) is 11.2. The van der Waals surface area contributed by atoms with E-state index in [9.17, 15) is 23.2 Å². The highest BCUT2D eigenvalue weighted by Gasteiger charge is 2.31. The van der Waals surface area contributed by atoms with Crippen molar-refractivity contribution in [2.45, 2.75) is 58.5 Å². The number of rotatable bonds is 10. The highest BCUT2D eigenvalue weighted by atomic mass is 35.5. The van der Waals surface area contributed by atoms with E-state index in [-0.39, 0.29) is 40.8 Å². The number of alkyl halides is 3. The number of amides is 1. The van der Waals surface area contributed by atoms with Gasteiger partial charge in [0.25, 0.3) is 0 Å². The minimum atomic E-state index is -4.54. The largest absolute Gasteiger partial charge is 0.416 e. The summed E-state index contributed by atoms with van der Waals surface area (Å²) in [5, 5.41) is 13.4. The van der Waals surface area contributed by atoms with E-state index in [2.05, 4.69) is 18.9 Å². The summed E-state index contributed by atoms with van der Waals surface area (Å²) in [4.78, 5) is 14.6. The second-order valence-electron chi connectivity index (χ2n) is 7.48. The summed E-state index contributed by atoms with van der Waals surface area (Å²) in [6.45, 7) is 5.42. The molecule has 0 radical (unpaired) electrons. The quantitative estimate of drug-likeness (QED) is 0.507. The van der Waals surface area contributed by atoms with Gasteiger partial charge in [0, 0.05) is 19.5 Å². The summed E-state index contributed by atoms with van der Waals surface area (Å²) in [5.74, 6) is -0.125. The topological polar surface area (TPSA) is 87.9 Å². The molecule has 0 saturated carbocycles. The van der Waals surface area contributed by atoms with Gasteiger partial charge >= 0.3 is 6.18 Å². The van der Waals surface area contributed by atoms with Crippen LogP contribution in [0.15, 0.2) is 18.2 Å². The summed E-state index contributed by atoms with van der Waals surface area (Å²) in [6.07, 6.45) is -0.563. The number of carbonyl (C=O) groups is 1. The van der Waals surface area contributed by atoms with Crippen molar-refractivity contribution in [1.82, 2.24) is 14.7 Å². The molecule has 2 aromatic rings. The third kappa shape index (κ3) is 6.16. The molecule has 10 heteroatoms. The number of hydrogen-bond donors (Lipinski definition) is 1. The van der Waals surface area contributed by atoms with E-state index in [0.717, 1.165) is 37.8 Å². The lowest BCUT2D eigenvalue weighted by Gasteiger charge is -2.22. The lowest BCUT2D eigenvalue weighted by molar-refractivity contribution is -0.137. The van der Waals surface area contributed by atoms with Crippen LogP contribution >= 0.6 is 11.6 Å². The molecule has 0 aliphatic rings. The predicted molar refractivity (Wildman–Crippen MR) is 117 cm³/mol. The zero-order chi connectivity index (χ0) is 23.9. The number of halogens is 4. The Bertz CT molecular complexity index is 973. The number of carbonyl (C=O) groups excluding carboxylic acids is 1. The van der Waals surface area contributed by atoms with Crippen LogP contribution in [0.5, 0.6) is 0 Å². The normalized spacial score (nSPS) is 11.4. The van der Waals surface area contributed by atoms with Gasteiger partial charge in [-0.25, -0.2) is 4.68 Å². The Labute approximate surface area is 190 Å². The molecule has 0 aliphatic heterocycles. The van der Waals surface area contributed by atoms with Gasteiger partial charge in [0.15, 0.2) is 5.82 Å². The van der Waals surface area contributed by atoms with Crippen LogP contribution in [0.1, 0.15) is 62.8 Å². The van der Waals surface area contributed by atoms with Crippen LogP contribution < -0.4 is 5.73 Å². The lowest BCUT2D eigenvalue weighted by Crippen LogP contribution is -2.33. The fourth-order valence-electron chi connectivity index (χ4n) is 3.32. The molecule has 0 atom stereocenters. The maximum absolute atomic E-state index is 13.0. The standard InChI is InChI=1S/C22H27ClF3N5O/c1-3-5-11-30(12-6-4-2)20(32)10-9-18-16(14-27)21(28)29-31(18)19-8-7-15(13-17(19)23)22(24,25)26/h7-8,13H,3-6,9-12H2,1-2H3,(H2,28,29). The number of benzene rings is 1. The van der Waals surface area contributed by atoms with E-state index >= 15 is 0 Å². The van der Waals surface area contributed by atoms with Gasteiger partial charge in [0.1, 0.15) is 11.6 Å². The van der Waals surface area contributed by atoms with Gasteiger partial charge < -0.3 is 10.6 Å². The molecule has 1 amide bonds. The van der Waals surface area contributed by atoms with Gasteiger partial charge in [0.05, 0.1) is 22.0 Å². The van der Waals surface area contributed by atoms with Gasteiger partial charge in [-0.3, -0.25) is 4.79 Å². The highest BCUT2D eigenvalue weighted by molar-refractivity contribution is 6.32. The average Bonchev–Trinajstić information content (AvgIpc) is 3.06. The van der Waals surface area contributed by atoms with Crippen LogP contribution in [0.25, 0.3) is 5.69 Å². The monoisotopic (exact) mass is 469 g/mol. The molecular formula is C22H27ClF3N5O. The van der Waals surface area contributed by atoms with Gasteiger partial charge in [0.2, 0.25) is 5.91 Å². The maximum atomic E-state index is 13.0. The number of nitrogens with two attached hydrogens (primary N) is 1. The molecule has 1 heterocycles. The SMILES string of the molecule is CCCCN(CCCC)C(=O)CCc1c(C#N)c(N)nn1-c1ccc(C(F)(F)F)cc1Cl. The van der Waals surface area contributed by atoms with Gasteiger partial charge in [-0.15, -0.1) is 5.10 Å². The van der Waals surface area contributed by atoms with E-state index in [1.165, 1.54) is 10.7 Å². The fourth-order valence-corrected chi connectivity index (χ4v) is 3.58. The van der Waals surface area contributed by atoms with Crippen LogP contribution in [0.2, 0.25) is 5.02 Å². The van der Waals surface area contributed by atoms with Crippen molar-refractivity contribution >= 4 is 23.3 Å². The first-order chi connectivity index (χ1) is 15.1. The van der Waals surface area contributed by atoms with Crippen LogP contribution in [0, 0.1) is 11.3 Å². The number of nitriles is 1. The highest BCUT2D eigenvalue weighted by Crippen LogP contribution is 2.34. The Morgan fingerprint density at radius 2 is 1.88 bits per heavy atom. The van der Waals surface area contributed by atoms with Crippen molar-refractivity contribution < 1.29 is 18.0 Å². The maximum Gasteiger partial charge on any atom is 0.416 e. The molecule has 0 unspecified atom stereocenters. The van der Waals surface area contributed by atoms with E-state index in [4.69, 9.17) is 17.3 Å². The summed E-state index contributed by atoms with van der Waals surface area (Å²) in [6, 6.07) is 4.84. The lowest BCUT2D eigenvalue weighted by atomic mass is 10.1. The Morgan fingerprint density at radius 3 is 2.38 bits per heavy atom. The first kappa shape index (κ1) is 25.5. The van der Waals surface area contributed by atoms with Crippen molar-refractivity contribution in [2.24, 2.45) is 0 Å². The molecule has 0 aliphatic carbocycles. The molecule has 1 aromatic heterocycles. The Balaban J connectivity index is 2.33. The second-order valence-corrected chi connectivity index (χ2v) is 7.89. The first-order valence-corrected chi connectivity index (χ1v) is 10.9.